The number of carbonyl (C=O) groups excluding carboxylic acids is 1. The highest BCUT2D eigenvalue weighted by Gasteiger charge is 2.43. The predicted octanol–water partition coefficient (Wildman–Crippen LogP) is 2.39. The van der Waals surface area contributed by atoms with E-state index < -0.39 is 11.5 Å². The van der Waals surface area contributed by atoms with E-state index >= 15 is 0 Å². The molecule has 19 heavy (non-hydrogen) atoms. The molecule has 0 saturated heterocycles. The van der Waals surface area contributed by atoms with Crippen LogP contribution in [0.1, 0.15) is 36.1 Å². The molecule has 0 radical (unpaired) electrons. The Labute approximate surface area is 114 Å². The van der Waals surface area contributed by atoms with Crippen molar-refractivity contribution >= 4 is 11.9 Å². The van der Waals surface area contributed by atoms with E-state index in [1.54, 1.807) is 6.92 Å². The lowest BCUT2D eigenvalue weighted by atomic mass is 9.83. The topological polar surface area (TPSA) is 57.6 Å². The Kier molecular flexibility index (Phi) is 4.03. The summed E-state index contributed by atoms with van der Waals surface area (Å²) >= 11 is 0. The highest BCUT2D eigenvalue weighted by Crippen LogP contribution is 2.33. The number of carbonyl (C=O) groups is 2. The minimum absolute atomic E-state index is 0.274. The van der Waals surface area contributed by atoms with Gasteiger partial charge in [0.2, 0.25) is 5.91 Å². The van der Waals surface area contributed by atoms with Gasteiger partial charge in [0.25, 0.3) is 0 Å². The third-order valence-corrected chi connectivity index (χ3v) is 3.72. The molecule has 104 valence electrons. The summed E-state index contributed by atoms with van der Waals surface area (Å²) in [5, 5.41) is 9.63. The molecule has 4 heteroatoms. The van der Waals surface area contributed by atoms with Crippen LogP contribution < -0.4 is 0 Å². The third kappa shape index (κ3) is 2.48. The molecule has 0 aliphatic carbocycles. The number of carboxylic acids is 1. The average Bonchev–Trinajstić information content (AvgIpc) is 2.25. The molecule has 0 bridgehead atoms. The molecule has 1 amide bonds. The average molecular weight is 263 g/mol. The smallest absolute Gasteiger partial charge is 0.334 e. The van der Waals surface area contributed by atoms with Crippen LogP contribution in [0.4, 0.5) is 0 Å². The quantitative estimate of drug-likeness (QED) is 0.911. The van der Waals surface area contributed by atoms with Gasteiger partial charge in [0.15, 0.2) is 5.54 Å². The minimum Gasteiger partial charge on any atom is -0.479 e. The third-order valence-electron chi connectivity index (χ3n) is 3.72. The summed E-state index contributed by atoms with van der Waals surface area (Å²) in [5.74, 6) is -1.30. The summed E-state index contributed by atoms with van der Waals surface area (Å²) in [4.78, 5) is 24.7. The van der Waals surface area contributed by atoms with Crippen molar-refractivity contribution in [2.45, 2.75) is 40.2 Å². The van der Waals surface area contributed by atoms with E-state index in [9.17, 15) is 14.7 Å². The number of benzene rings is 1. The van der Waals surface area contributed by atoms with E-state index in [0.717, 1.165) is 16.7 Å². The zero-order chi connectivity index (χ0) is 15.0. The van der Waals surface area contributed by atoms with Crippen molar-refractivity contribution in [2.75, 3.05) is 7.05 Å². The van der Waals surface area contributed by atoms with Crippen molar-refractivity contribution in [1.82, 2.24) is 4.90 Å². The lowest BCUT2D eigenvalue weighted by molar-refractivity contribution is -0.156. The molecule has 1 rings (SSSR count). The second-order valence-electron chi connectivity index (χ2n) is 5.23. The highest BCUT2D eigenvalue weighted by molar-refractivity contribution is 5.87. The summed E-state index contributed by atoms with van der Waals surface area (Å²) in [6.45, 7) is 8.67. The van der Waals surface area contributed by atoms with Crippen LogP contribution in [0.15, 0.2) is 12.1 Å². The van der Waals surface area contributed by atoms with Gasteiger partial charge in [-0.05, 0) is 44.4 Å². The van der Waals surface area contributed by atoms with Crippen LogP contribution in [-0.2, 0) is 15.1 Å². The standard InChI is InChI=1S/C15H21NO3/c1-9-7-10(2)13(11(3)8-9)15(5,14(18)19)16(6)12(4)17/h7-8H,1-6H3,(H,18,19). The lowest BCUT2D eigenvalue weighted by Gasteiger charge is -2.37. The molecule has 1 unspecified atom stereocenters. The maximum atomic E-state index is 11.8. The van der Waals surface area contributed by atoms with Gasteiger partial charge in [0.05, 0.1) is 0 Å². The maximum absolute atomic E-state index is 11.8. The minimum atomic E-state index is -1.35. The van der Waals surface area contributed by atoms with Gasteiger partial charge in [-0.15, -0.1) is 0 Å². The summed E-state index contributed by atoms with van der Waals surface area (Å²) in [6.07, 6.45) is 0. The monoisotopic (exact) mass is 263 g/mol. The van der Waals surface area contributed by atoms with Crippen LogP contribution in [0, 0.1) is 20.8 Å². The van der Waals surface area contributed by atoms with Gasteiger partial charge in [-0.1, -0.05) is 17.7 Å². The summed E-state index contributed by atoms with van der Waals surface area (Å²) in [5.41, 5.74) is 2.18. The second kappa shape index (κ2) is 5.03. The number of aliphatic carboxylic acids is 1. The van der Waals surface area contributed by atoms with Gasteiger partial charge in [-0.3, -0.25) is 4.79 Å². The number of nitrogens with zero attached hydrogens (tertiary/aromatic N) is 1. The molecule has 1 atom stereocenters. The molecule has 0 heterocycles. The number of aryl methyl sites for hydroxylation is 3. The van der Waals surface area contributed by atoms with Crippen LogP contribution in [0.2, 0.25) is 0 Å². The Hall–Kier alpha value is -1.84. The van der Waals surface area contributed by atoms with Crippen molar-refractivity contribution in [1.29, 1.82) is 0 Å². The molecular formula is C15H21NO3. The van der Waals surface area contributed by atoms with E-state index in [0.29, 0.717) is 5.56 Å². The Bertz CT molecular complexity index is 513. The van der Waals surface area contributed by atoms with E-state index in [4.69, 9.17) is 0 Å². The molecule has 1 aromatic carbocycles. The first-order chi connectivity index (χ1) is 8.62. The zero-order valence-electron chi connectivity index (χ0n) is 12.4. The molecule has 0 aliphatic heterocycles. The molecule has 0 fully saturated rings. The molecule has 0 aromatic heterocycles. The number of likely N-dealkylation sites (N-methyl/N-ethyl adjacent to an activating group) is 1. The molecule has 0 saturated carbocycles. The fourth-order valence-electron chi connectivity index (χ4n) is 2.68. The summed E-state index contributed by atoms with van der Waals surface area (Å²) < 4.78 is 0. The van der Waals surface area contributed by atoms with Gasteiger partial charge in [0.1, 0.15) is 0 Å². The Morgan fingerprint density at radius 3 is 1.89 bits per heavy atom. The van der Waals surface area contributed by atoms with E-state index in [2.05, 4.69) is 0 Å². The number of rotatable bonds is 3. The fraction of sp³-hybridized carbons (Fsp3) is 0.467. The first-order valence-corrected chi connectivity index (χ1v) is 6.18. The highest BCUT2D eigenvalue weighted by atomic mass is 16.4. The van der Waals surface area contributed by atoms with Crippen LogP contribution in [0.5, 0.6) is 0 Å². The summed E-state index contributed by atoms with van der Waals surface area (Å²) in [7, 11) is 1.52. The Morgan fingerprint density at radius 2 is 1.58 bits per heavy atom. The van der Waals surface area contributed by atoms with Gasteiger partial charge >= 0.3 is 5.97 Å². The predicted molar refractivity (Wildman–Crippen MR) is 74.1 cm³/mol. The van der Waals surface area contributed by atoms with Crippen molar-refractivity contribution < 1.29 is 14.7 Å². The molecule has 1 aromatic rings. The summed E-state index contributed by atoms with van der Waals surface area (Å²) in [6, 6.07) is 3.88. The van der Waals surface area contributed by atoms with Crippen molar-refractivity contribution in [3.63, 3.8) is 0 Å². The molecular weight excluding hydrogens is 242 g/mol. The molecule has 1 N–H and O–H groups in total. The fourth-order valence-corrected chi connectivity index (χ4v) is 2.68. The van der Waals surface area contributed by atoms with Crippen LogP contribution in [-0.4, -0.2) is 28.9 Å². The second-order valence-corrected chi connectivity index (χ2v) is 5.23. The van der Waals surface area contributed by atoms with E-state index in [1.165, 1.54) is 18.9 Å². The lowest BCUT2D eigenvalue weighted by Crippen LogP contribution is -2.50. The largest absolute Gasteiger partial charge is 0.479 e. The van der Waals surface area contributed by atoms with Crippen LogP contribution >= 0.6 is 0 Å². The first-order valence-electron chi connectivity index (χ1n) is 6.18. The van der Waals surface area contributed by atoms with Gasteiger partial charge in [0, 0.05) is 14.0 Å². The van der Waals surface area contributed by atoms with Crippen molar-refractivity contribution in [3.8, 4) is 0 Å². The Balaban J connectivity index is 3.61. The number of hydrogen-bond donors (Lipinski definition) is 1. The van der Waals surface area contributed by atoms with Gasteiger partial charge in [-0.2, -0.15) is 0 Å². The van der Waals surface area contributed by atoms with Crippen molar-refractivity contribution in [3.05, 3.63) is 34.4 Å². The SMILES string of the molecule is CC(=O)N(C)C(C)(C(=O)O)c1c(C)cc(C)cc1C. The number of hydrogen-bond acceptors (Lipinski definition) is 2. The molecule has 0 spiro atoms. The van der Waals surface area contributed by atoms with Gasteiger partial charge < -0.3 is 10.0 Å². The van der Waals surface area contributed by atoms with E-state index in [-0.39, 0.29) is 5.91 Å². The number of amides is 1. The Morgan fingerprint density at radius 1 is 1.16 bits per heavy atom. The first kappa shape index (κ1) is 15.2. The van der Waals surface area contributed by atoms with Crippen LogP contribution in [0.3, 0.4) is 0 Å². The molecule has 0 aliphatic rings. The molecule has 4 nitrogen and oxygen atoms in total. The zero-order valence-corrected chi connectivity index (χ0v) is 12.4. The maximum Gasteiger partial charge on any atom is 0.334 e. The number of carboxylic acid groups (broad SMARTS) is 1. The van der Waals surface area contributed by atoms with Crippen LogP contribution in [0.25, 0.3) is 0 Å². The van der Waals surface area contributed by atoms with Gasteiger partial charge in [-0.25, -0.2) is 4.79 Å². The van der Waals surface area contributed by atoms with E-state index in [1.807, 2.05) is 32.9 Å². The normalized spacial score (nSPS) is 13.8. The van der Waals surface area contributed by atoms with Crippen molar-refractivity contribution in [2.24, 2.45) is 0 Å².